The van der Waals surface area contributed by atoms with Crippen molar-refractivity contribution in [1.82, 2.24) is 0 Å². The number of fused-ring (bicyclic) bond motifs is 1. The molecular weight excluding hydrogens is 420 g/mol. The number of rotatable bonds is 4. The van der Waals surface area contributed by atoms with Gasteiger partial charge < -0.3 is 9.66 Å². The lowest BCUT2D eigenvalue weighted by atomic mass is 10.1. The highest BCUT2D eigenvalue weighted by molar-refractivity contribution is 7.97. The van der Waals surface area contributed by atoms with Gasteiger partial charge in [0.25, 0.3) is 0 Å². The maximum atomic E-state index is 12.3. The van der Waals surface area contributed by atoms with Gasteiger partial charge in [0, 0.05) is 5.56 Å². The molecule has 1 aliphatic heterocycles. The molecule has 3 aromatic carbocycles. The maximum Gasteiger partial charge on any atom is 0.211 e. The van der Waals surface area contributed by atoms with Crippen LogP contribution in [0.1, 0.15) is 28.8 Å². The van der Waals surface area contributed by atoms with E-state index in [1.54, 1.807) is 0 Å². The molecule has 0 radical (unpaired) electrons. The zero-order valence-electron chi connectivity index (χ0n) is 16.7. The quantitative estimate of drug-likeness (QED) is 0.372. The zero-order valence-corrected chi connectivity index (χ0v) is 18.3. The lowest BCUT2D eigenvalue weighted by Crippen LogP contribution is -2.17. The second-order valence-electron chi connectivity index (χ2n) is 7.26. The minimum atomic E-state index is -4.47. The summed E-state index contributed by atoms with van der Waals surface area (Å²) in [4.78, 5) is 11.9. The number of phenols is 1. The molecule has 7 heteroatoms. The summed E-state index contributed by atoms with van der Waals surface area (Å²) in [6.45, 7) is 1.49. The van der Waals surface area contributed by atoms with Crippen molar-refractivity contribution in [1.29, 1.82) is 0 Å². The first-order chi connectivity index (χ1) is 14.2. The number of carbonyl (C=O) groups is 1. The Balaban J connectivity index is 0.000000187. The van der Waals surface area contributed by atoms with Crippen molar-refractivity contribution < 1.29 is 22.9 Å². The van der Waals surface area contributed by atoms with Gasteiger partial charge in [-0.3, -0.25) is 4.79 Å². The van der Waals surface area contributed by atoms with Crippen molar-refractivity contribution in [3.8, 4) is 5.75 Å². The van der Waals surface area contributed by atoms with Crippen LogP contribution >= 0.6 is 0 Å². The first kappa shape index (κ1) is 22.3. The summed E-state index contributed by atoms with van der Waals surface area (Å²) >= 11 is 0. The van der Waals surface area contributed by atoms with Crippen LogP contribution in [0.15, 0.2) is 65.6 Å². The Hall–Kier alpha value is -2.35. The van der Waals surface area contributed by atoms with Crippen LogP contribution < -0.4 is 0 Å². The van der Waals surface area contributed by atoms with Gasteiger partial charge in [0.2, 0.25) is 5.78 Å². The Labute approximate surface area is 179 Å². The van der Waals surface area contributed by atoms with Crippen LogP contribution in [0.5, 0.6) is 5.75 Å². The summed E-state index contributed by atoms with van der Waals surface area (Å²) in [6.07, 6.45) is 2.63. The van der Waals surface area contributed by atoms with E-state index in [0.717, 1.165) is 22.8 Å². The molecule has 0 spiro atoms. The standard InChI is InChI=1S/C16H17OS.C7H8O4S/c17-16(12-18-9-3-4-10-18)15-8-7-13-5-1-2-6-14(13)11-15;1-5-2-3-6(8)4-7(5)12(9,10)11/h1-2,5-8,11H,3-4,9-10,12H2;2-4,8H,1H3,(H,9,10,11)/q+1;/p-1. The SMILES string of the molecule is Cc1ccc(O)cc1S(=O)(=O)[O-].O=C(C[S+]1CCCC1)c1ccc2ccccc2c1. The minimum absolute atomic E-state index is 0.227. The molecule has 5 nitrogen and oxygen atoms in total. The Bertz CT molecular complexity index is 1150. The Morgan fingerprint density at radius 2 is 1.67 bits per heavy atom. The molecule has 1 saturated heterocycles. The topological polar surface area (TPSA) is 94.5 Å². The van der Waals surface area contributed by atoms with Gasteiger partial charge in [-0.05, 0) is 65.2 Å². The Kier molecular flexibility index (Phi) is 7.18. The smallest absolute Gasteiger partial charge is 0.211 e. The van der Waals surface area contributed by atoms with Crippen LogP contribution in [-0.4, -0.2) is 41.1 Å². The van der Waals surface area contributed by atoms with Crippen molar-refractivity contribution in [2.75, 3.05) is 17.3 Å². The van der Waals surface area contributed by atoms with E-state index < -0.39 is 10.1 Å². The number of aryl methyl sites for hydroxylation is 1. The van der Waals surface area contributed by atoms with Gasteiger partial charge in [0.15, 0.2) is 5.75 Å². The number of hydrogen-bond donors (Lipinski definition) is 1. The monoisotopic (exact) mass is 444 g/mol. The highest BCUT2D eigenvalue weighted by Gasteiger charge is 2.27. The minimum Gasteiger partial charge on any atom is -0.744 e. The molecule has 1 heterocycles. The lowest BCUT2D eigenvalue weighted by molar-refractivity contribution is 0.102. The fourth-order valence-electron chi connectivity index (χ4n) is 3.35. The van der Waals surface area contributed by atoms with Crippen LogP contribution in [-0.2, 0) is 21.0 Å². The van der Waals surface area contributed by atoms with Crippen molar-refractivity contribution in [3.05, 3.63) is 71.8 Å². The zero-order chi connectivity index (χ0) is 21.7. The largest absolute Gasteiger partial charge is 0.744 e. The second kappa shape index (κ2) is 9.64. The molecule has 1 aliphatic rings. The summed E-state index contributed by atoms with van der Waals surface area (Å²) in [6, 6.07) is 17.9. The van der Waals surface area contributed by atoms with Crippen molar-refractivity contribution in [2.45, 2.75) is 24.7 Å². The number of carbonyl (C=O) groups excluding carboxylic acids is 1. The Morgan fingerprint density at radius 1 is 1.00 bits per heavy atom. The predicted octanol–water partition coefficient (Wildman–Crippen LogP) is 4.04. The third-order valence-electron chi connectivity index (χ3n) is 4.96. The van der Waals surface area contributed by atoms with Gasteiger partial charge in [-0.15, -0.1) is 0 Å². The number of Topliss-reactive ketones (excluding diaryl/α,β-unsaturated/α-hetero) is 1. The molecule has 4 rings (SSSR count). The number of phenolic OH excluding ortho intramolecular Hbond substituents is 1. The number of aromatic hydroxyl groups is 1. The summed E-state index contributed by atoms with van der Waals surface area (Å²) in [5.41, 5.74) is 1.22. The third-order valence-corrected chi connectivity index (χ3v) is 8.34. The van der Waals surface area contributed by atoms with E-state index in [4.69, 9.17) is 5.11 Å². The van der Waals surface area contributed by atoms with Crippen LogP contribution in [0, 0.1) is 6.92 Å². The van der Waals surface area contributed by atoms with E-state index in [0.29, 0.717) is 22.2 Å². The fourth-order valence-corrected chi connectivity index (χ4v) is 6.33. The molecule has 0 bridgehead atoms. The van der Waals surface area contributed by atoms with Gasteiger partial charge in [0.05, 0.1) is 4.90 Å². The average Bonchev–Trinajstić information content (AvgIpc) is 3.22. The molecule has 0 atom stereocenters. The molecule has 1 N–H and O–H groups in total. The van der Waals surface area contributed by atoms with Crippen molar-refractivity contribution in [3.63, 3.8) is 0 Å². The van der Waals surface area contributed by atoms with Gasteiger partial charge in [-0.2, -0.15) is 0 Å². The average molecular weight is 445 g/mol. The van der Waals surface area contributed by atoms with Gasteiger partial charge >= 0.3 is 0 Å². The van der Waals surface area contributed by atoms with E-state index >= 15 is 0 Å². The van der Waals surface area contributed by atoms with Crippen molar-refractivity contribution in [2.24, 2.45) is 0 Å². The van der Waals surface area contributed by atoms with Crippen molar-refractivity contribution >= 4 is 37.6 Å². The molecule has 158 valence electrons. The highest BCUT2D eigenvalue weighted by Crippen LogP contribution is 2.20. The molecule has 0 aliphatic carbocycles. The van der Waals surface area contributed by atoms with E-state index in [1.165, 1.54) is 48.8 Å². The summed E-state index contributed by atoms with van der Waals surface area (Å²) < 4.78 is 31.6. The highest BCUT2D eigenvalue weighted by atomic mass is 32.2. The molecular formula is C23H24O5S2. The summed E-state index contributed by atoms with van der Waals surface area (Å²) in [5.74, 6) is 3.39. The van der Waals surface area contributed by atoms with Crippen LogP contribution in [0.3, 0.4) is 0 Å². The third kappa shape index (κ3) is 5.84. The summed E-state index contributed by atoms with van der Waals surface area (Å²) in [7, 11) is -4.11. The molecule has 0 saturated carbocycles. The number of benzene rings is 3. The van der Waals surface area contributed by atoms with Crippen LogP contribution in [0.25, 0.3) is 10.8 Å². The number of ketones is 1. The lowest BCUT2D eigenvalue weighted by Gasteiger charge is -2.09. The Morgan fingerprint density at radius 3 is 2.30 bits per heavy atom. The van der Waals surface area contributed by atoms with Crippen LogP contribution in [0.4, 0.5) is 0 Å². The van der Waals surface area contributed by atoms with E-state index in [2.05, 4.69) is 18.2 Å². The fraction of sp³-hybridized carbons (Fsp3) is 0.261. The summed E-state index contributed by atoms with van der Waals surface area (Å²) in [5, 5.41) is 11.3. The first-order valence-electron chi connectivity index (χ1n) is 9.65. The maximum absolute atomic E-state index is 12.3. The van der Waals surface area contributed by atoms with E-state index in [1.807, 2.05) is 24.3 Å². The van der Waals surface area contributed by atoms with E-state index in [-0.39, 0.29) is 10.6 Å². The normalized spacial score (nSPS) is 14.3. The number of hydrogen-bond acceptors (Lipinski definition) is 5. The van der Waals surface area contributed by atoms with Gasteiger partial charge in [-0.1, -0.05) is 42.5 Å². The van der Waals surface area contributed by atoms with Crippen LogP contribution in [0.2, 0.25) is 0 Å². The molecule has 0 unspecified atom stereocenters. The molecule has 0 amide bonds. The van der Waals surface area contributed by atoms with Gasteiger partial charge in [-0.25, -0.2) is 8.42 Å². The second-order valence-corrected chi connectivity index (χ2v) is 10.9. The van der Waals surface area contributed by atoms with E-state index in [9.17, 15) is 17.8 Å². The van der Waals surface area contributed by atoms with Gasteiger partial charge in [0.1, 0.15) is 27.4 Å². The molecule has 0 aromatic heterocycles. The predicted molar refractivity (Wildman–Crippen MR) is 120 cm³/mol. The molecule has 3 aromatic rings. The first-order valence-corrected chi connectivity index (χ1v) is 12.8. The molecule has 1 fully saturated rings. The molecule has 30 heavy (non-hydrogen) atoms.